The van der Waals surface area contributed by atoms with Crippen LogP contribution < -0.4 is 5.32 Å². The Kier molecular flexibility index (Phi) is 8.00. The van der Waals surface area contributed by atoms with E-state index < -0.39 is 18.1 Å². The Morgan fingerprint density at radius 3 is 2.30 bits per heavy atom. The number of Topliss-reactive ketones (excluding diaryl/α,β-unsaturated/α-hetero) is 1. The Balaban J connectivity index is 1.95. The molecule has 0 fully saturated rings. The molecule has 142 valence electrons. The van der Waals surface area contributed by atoms with Crippen molar-refractivity contribution >= 4 is 33.8 Å². The molecule has 2 aromatic carbocycles. The highest BCUT2D eigenvalue weighted by Crippen LogP contribution is 2.18. The molecular formula is C20H20BrNO5. The van der Waals surface area contributed by atoms with Gasteiger partial charge in [0.2, 0.25) is 0 Å². The third-order valence-electron chi connectivity index (χ3n) is 3.67. The molecule has 0 aliphatic rings. The Morgan fingerprint density at radius 1 is 1.00 bits per heavy atom. The summed E-state index contributed by atoms with van der Waals surface area (Å²) in [5, 5.41) is 2.64. The number of carbonyl (C=O) groups excluding carboxylic acids is 3. The summed E-state index contributed by atoms with van der Waals surface area (Å²) in [6, 6.07) is 15.2. The standard InChI is InChI=1S/C20H20BrNO5/c1-2-26-20(25)22-17(14-6-4-3-5-7-14)12-19(24)27-13-18(23)15-8-10-16(21)11-9-15/h3-11,17H,2,12-13H2,1H3,(H,22,25)/t17-/m1/s1. The lowest BCUT2D eigenvalue weighted by Crippen LogP contribution is -2.31. The predicted octanol–water partition coefficient (Wildman–Crippen LogP) is 4.05. The Morgan fingerprint density at radius 2 is 1.67 bits per heavy atom. The second-order valence-corrected chi connectivity index (χ2v) is 6.54. The molecular weight excluding hydrogens is 414 g/mol. The summed E-state index contributed by atoms with van der Waals surface area (Å²) in [5.41, 5.74) is 1.19. The fourth-order valence-electron chi connectivity index (χ4n) is 2.34. The molecule has 2 rings (SSSR count). The van der Waals surface area contributed by atoms with Gasteiger partial charge in [0.25, 0.3) is 0 Å². The molecule has 1 atom stereocenters. The van der Waals surface area contributed by atoms with Gasteiger partial charge in [0.15, 0.2) is 12.4 Å². The van der Waals surface area contributed by atoms with E-state index in [1.54, 1.807) is 55.5 Å². The fourth-order valence-corrected chi connectivity index (χ4v) is 2.61. The summed E-state index contributed by atoms with van der Waals surface area (Å²) in [5.74, 6) is -0.892. The third kappa shape index (κ3) is 6.86. The van der Waals surface area contributed by atoms with Crippen LogP contribution >= 0.6 is 15.9 Å². The number of hydrogen-bond donors (Lipinski definition) is 1. The first-order valence-corrected chi connectivity index (χ1v) is 9.21. The van der Waals surface area contributed by atoms with E-state index in [1.165, 1.54) is 0 Å². The normalized spacial score (nSPS) is 11.3. The molecule has 0 aliphatic carbocycles. The van der Waals surface area contributed by atoms with Crippen molar-refractivity contribution in [2.45, 2.75) is 19.4 Å². The summed E-state index contributed by atoms with van der Waals surface area (Å²) in [6.45, 7) is 1.56. The average Bonchev–Trinajstić information content (AvgIpc) is 2.67. The van der Waals surface area contributed by atoms with Gasteiger partial charge in [-0.2, -0.15) is 0 Å². The quantitative estimate of drug-likeness (QED) is 0.501. The zero-order valence-electron chi connectivity index (χ0n) is 14.8. The second-order valence-electron chi connectivity index (χ2n) is 5.62. The summed E-state index contributed by atoms with van der Waals surface area (Å²) < 4.78 is 10.8. The Bertz CT molecular complexity index is 777. The van der Waals surface area contributed by atoms with Gasteiger partial charge in [-0.05, 0) is 24.6 Å². The van der Waals surface area contributed by atoms with Crippen molar-refractivity contribution in [2.24, 2.45) is 0 Å². The van der Waals surface area contributed by atoms with Gasteiger partial charge in [-0.1, -0.05) is 58.4 Å². The minimum atomic E-state index is -0.620. The zero-order valence-corrected chi connectivity index (χ0v) is 16.4. The van der Waals surface area contributed by atoms with E-state index in [0.29, 0.717) is 5.56 Å². The number of benzene rings is 2. The van der Waals surface area contributed by atoms with Crippen molar-refractivity contribution in [3.63, 3.8) is 0 Å². The maximum atomic E-state index is 12.2. The summed E-state index contributed by atoms with van der Waals surface area (Å²) in [6.07, 6.45) is -0.735. The van der Waals surface area contributed by atoms with E-state index in [9.17, 15) is 14.4 Å². The number of ketones is 1. The lowest BCUT2D eigenvalue weighted by atomic mass is 10.0. The van der Waals surface area contributed by atoms with Gasteiger partial charge in [0.1, 0.15) is 0 Å². The van der Waals surface area contributed by atoms with Gasteiger partial charge in [0.05, 0.1) is 19.1 Å². The number of ether oxygens (including phenoxy) is 2. The highest BCUT2D eigenvalue weighted by molar-refractivity contribution is 9.10. The van der Waals surface area contributed by atoms with Gasteiger partial charge < -0.3 is 14.8 Å². The molecule has 0 unspecified atom stereocenters. The SMILES string of the molecule is CCOC(=O)N[C@H](CC(=O)OCC(=O)c1ccc(Br)cc1)c1ccccc1. The van der Waals surface area contributed by atoms with Gasteiger partial charge in [-0.25, -0.2) is 4.79 Å². The largest absolute Gasteiger partial charge is 0.457 e. The summed E-state index contributed by atoms with van der Waals surface area (Å²) in [7, 11) is 0. The highest BCUT2D eigenvalue weighted by Gasteiger charge is 2.20. The Labute approximate surface area is 166 Å². The monoisotopic (exact) mass is 433 g/mol. The zero-order chi connectivity index (χ0) is 19.6. The predicted molar refractivity (Wildman–Crippen MR) is 103 cm³/mol. The molecule has 1 N–H and O–H groups in total. The van der Waals surface area contributed by atoms with E-state index in [1.807, 2.05) is 6.07 Å². The first kappa shape index (κ1) is 20.6. The number of amides is 1. The minimum absolute atomic E-state index is 0.115. The lowest BCUT2D eigenvalue weighted by molar-refractivity contribution is -0.143. The minimum Gasteiger partial charge on any atom is -0.457 e. The van der Waals surface area contributed by atoms with Gasteiger partial charge in [-0.3, -0.25) is 9.59 Å². The van der Waals surface area contributed by atoms with Crippen LogP contribution in [0.15, 0.2) is 59.1 Å². The first-order valence-electron chi connectivity index (χ1n) is 8.42. The van der Waals surface area contributed by atoms with Crippen LogP contribution in [0.3, 0.4) is 0 Å². The number of hydrogen-bond acceptors (Lipinski definition) is 5. The van der Waals surface area contributed by atoms with Crippen LogP contribution in [0.5, 0.6) is 0 Å². The third-order valence-corrected chi connectivity index (χ3v) is 4.20. The van der Waals surface area contributed by atoms with Crippen LogP contribution in [-0.2, 0) is 14.3 Å². The van der Waals surface area contributed by atoms with Crippen molar-refractivity contribution < 1.29 is 23.9 Å². The number of esters is 1. The topological polar surface area (TPSA) is 81.7 Å². The van der Waals surface area contributed by atoms with E-state index in [2.05, 4.69) is 21.2 Å². The number of halogens is 1. The molecule has 0 aliphatic heterocycles. The van der Waals surface area contributed by atoms with Crippen molar-refractivity contribution in [1.29, 1.82) is 0 Å². The molecule has 0 radical (unpaired) electrons. The highest BCUT2D eigenvalue weighted by atomic mass is 79.9. The molecule has 0 saturated heterocycles. The lowest BCUT2D eigenvalue weighted by Gasteiger charge is -2.18. The Hall–Kier alpha value is -2.67. The smallest absolute Gasteiger partial charge is 0.407 e. The van der Waals surface area contributed by atoms with E-state index in [0.717, 1.165) is 10.0 Å². The summed E-state index contributed by atoms with van der Waals surface area (Å²) in [4.78, 5) is 36.0. The molecule has 0 saturated carbocycles. The molecule has 0 bridgehead atoms. The molecule has 27 heavy (non-hydrogen) atoms. The molecule has 6 nitrogen and oxygen atoms in total. The van der Waals surface area contributed by atoms with Crippen molar-refractivity contribution in [1.82, 2.24) is 5.32 Å². The van der Waals surface area contributed by atoms with Crippen LogP contribution in [0.4, 0.5) is 4.79 Å². The van der Waals surface area contributed by atoms with Crippen molar-refractivity contribution in [2.75, 3.05) is 13.2 Å². The van der Waals surface area contributed by atoms with E-state index in [4.69, 9.17) is 9.47 Å². The summed E-state index contributed by atoms with van der Waals surface area (Å²) >= 11 is 3.30. The molecule has 0 aromatic heterocycles. The average molecular weight is 434 g/mol. The van der Waals surface area contributed by atoms with Crippen LogP contribution in [-0.4, -0.2) is 31.1 Å². The van der Waals surface area contributed by atoms with Crippen LogP contribution in [0, 0.1) is 0 Å². The van der Waals surface area contributed by atoms with Crippen molar-refractivity contribution in [3.8, 4) is 0 Å². The maximum absolute atomic E-state index is 12.2. The molecule has 0 heterocycles. The number of alkyl carbamates (subject to hydrolysis) is 1. The van der Waals surface area contributed by atoms with Crippen molar-refractivity contribution in [3.05, 3.63) is 70.2 Å². The molecule has 0 spiro atoms. The van der Waals surface area contributed by atoms with Gasteiger partial charge in [-0.15, -0.1) is 0 Å². The van der Waals surface area contributed by atoms with E-state index in [-0.39, 0.29) is 25.4 Å². The number of nitrogens with one attached hydrogen (secondary N) is 1. The van der Waals surface area contributed by atoms with Crippen LogP contribution in [0.25, 0.3) is 0 Å². The second kappa shape index (κ2) is 10.5. The number of carbonyl (C=O) groups is 3. The van der Waals surface area contributed by atoms with E-state index >= 15 is 0 Å². The number of rotatable bonds is 8. The van der Waals surface area contributed by atoms with Crippen LogP contribution in [0.2, 0.25) is 0 Å². The van der Waals surface area contributed by atoms with Gasteiger partial charge in [0, 0.05) is 10.0 Å². The van der Waals surface area contributed by atoms with Crippen LogP contribution in [0.1, 0.15) is 35.3 Å². The van der Waals surface area contributed by atoms with Gasteiger partial charge >= 0.3 is 12.1 Å². The maximum Gasteiger partial charge on any atom is 0.407 e. The molecule has 1 amide bonds. The first-order chi connectivity index (χ1) is 13.0. The molecule has 7 heteroatoms. The molecule has 2 aromatic rings. The fraction of sp³-hybridized carbons (Fsp3) is 0.250.